The quantitative estimate of drug-likeness (QED) is 0.0204. The van der Waals surface area contributed by atoms with Gasteiger partial charge in [0.2, 0.25) is 5.91 Å². The van der Waals surface area contributed by atoms with Gasteiger partial charge in [-0.05, 0) is 96.3 Å². The van der Waals surface area contributed by atoms with Gasteiger partial charge in [0.1, 0.15) is 48.8 Å². The van der Waals surface area contributed by atoms with Crippen LogP contribution < -0.4 is 5.32 Å². The van der Waals surface area contributed by atoms with Crippen LogP contribution in [0, 0.1) is 0 Å². The molecule has 2 aliphatic rings. The maximum absolute atomic E-state index is 13.3. The van der Waals surface area contributed by atoms with Crippen molar-refractivity contribution in [3.63, 3.8) is 0 Å². The minimum atomic E-state index is -1.79. The number of aliphatic hydroxyl groups is 8. The van der Waals surface area contributed by atoms with Crippen molar-refractivity contribution in [2.75, 3.05) is 19.8 Å². The summed E-state index contributed by atoms with van der Waals surface area (Å²) in [6, 6.07) is -0.856. The van der Waals surface area contributed by atoms with E-state index in [1.54, 1.807) is 0 Å². The molecule has 2 saturated heterocycles. The van der Waals surface area contributed by atoms with Crippen LogP contribution in [0.15, 0.2) is 134 Å². The van der Waals surface area contributed by atoms with Gasteiger partial charge in [0.15, 0.2) is 12.6 Å². The molecule has 0 saturated carbocycles. The van der Waals surface area contributed by atoms with Gasteiger partial charge in [0, 0.05) is 6.42 Å². The standard InChI is InChI=1S/C70H115NO13/c1-3-5-7-9-11-13-15-17-18-19-20-21-22-23-24-25-26-27-28-29-30-31-32-33-34-35-36-37-38-39-40-42-44-46-48-50-52-54-62(75)71-58(59(74)53-51-49-47-45-43-41-16-14-12-10-8-6-4-2)57-81-69-67(80)65(78)68(61(56-73)83-69)84-70-66(79)64(77)63(76)60(55-72)82-70/h5,7,11,13,17-18,20-21,23-24,26-27,29-30,32-33,35-36,38-39,42,44,58-61,63-70,72-74,76-80H,3-4,6,8-10,12,14-16,19,22,25,28,31,34,37,40-41,43,45-57H2,1-2H3,(H,71,75)/b7-5-,13-11-,18-17-,21-20-,24-23-,27-26-,30-29-,33-32-,36-35-,39-38-,44-42-. The number of aliphatic hydroxyl groups excluding tert-OH is 8. The van der Waals surface area contributed by atoms with E-state index >= 15 is 0 Å². The van der Waals surface area contributed by atoms with Crippen molar-refractivity contribution in [3.05, 3.63) is 134 Å². The molecule has 0 aromatic carbocycles. The third-order valence-corrected chi connectivity index (χ3v) is 14.9. The number of hydrogen-bond donors (Lipinski definition) is 9. The highest BCUT2D eigenvalue weighted by molar-refractivity contribution is 5.76. The zero-order valence-corrected chi connectivity index (χ0v) is 51.6. The number of carbonyl (C=O) groups is 1. The lowest BCUT2D eigenvalue weighted by molar-refractivity contribution is -0.359. The molecule has 84 heavy (non-hydrogen) atoms. The summed E-state index contributed by atoms with van der Waals surface area (Å²) >= 11 is 0. The monoisotopic (exact) mass is 1180 g/mol. The highest BCUT2D eigenvalue weighted by Gasteiger charge is 2.51. The van der Waals surface area contributed by atoms with E-state index in [0.717, 1.165) is 116 Å². The molecule has 0 bridgehead atoms. The predicted octanol–water partition coefficient (Wildman–Crippen LogP) is 12.3. The summed E-state index contributed by atoms with van der Waals surface area (Å²) in [6.07, 6.45) is 61.7. The summed E-state index contributed by atoms with van der Waals surface area (Å²) in [5.74, 6) is -0.245. The van der Waals surface area contributed by atoms with Crippen LogP contribution in [-0.2, 0) is 23.7 Å². The molecule has 0 aliphatic carbocycles. The second kappa shape index (κ2) is 53.4. The Hall–Kier alpha value is -3.87. The van der Waals surface area contributed by atoms with E-state index in [9.17, 15) is 45.6 Å². The van der Waals surface area contributed by atoms with Gasteiger partial charge >= 0.3 is 0 Å². The van der Waals surface area contributed by atoms with Gasteiger partial charge in [0.05, 0.1) is 32.0 Å². The molecule has 12 atom stereocenters. The minimum absolute atomic E-state index is 0.245. The van der Waals surface area contributed by atoms with Gasteiger partial charge in [-0.1, -0.05) is 237 Å². The molecular formula is C70H115NO13. The lowest BCUT2D eigenvalue weighted by Gasteiger charge is -2.46. The molecule has 12 unspecified atom stereocenters. The second-order valence-corrected chi connectivity index (χ2v) is 22.2. The Morgan fingerprint density at radius 3 is 1.25 bits per heavy atom. The van der Waals surface area contributed by atoms with Gasteiger partial charge in [-0.15, -0.1) is 0 Å². The predicted molar refractivity (Wildman–Crippen MR) is 341 cm³/mol. The number of hydrogen-bond acceptors (Lipinski definition) is 13. The zero-order valence-electron chi connectivity index (χ0n) is 51.6. The lowest BCUT2D eigenvalue weighted by Crippen LogP contribution is -2.65. The Morgan fingerprint density at radius 2 is 0.821 bits per heavy atom. The van der Waals surface area contributed by atoms with Gasteiger partial charge in [-0.3, -0.25) is 4.79 Å². The van der Waals surface area contributed by atoms with E-state index < -0.39 is 86.8 Å². The number of unbranched alkanes of at least 4 members (excludes halogenated alkanes) is 15. The number of allylic oxidation sites excluding steroid dienone is 22. The number of carbonyl (C=O) groups excluding carboxylic acids is 1. The molecule has 0 radical (unpaired) electrons. The van der Waals surface area contributed by atoms with E-state index in [1.807, 2.05) is 0 Å². The fourth-order valence-corrected chi connectivity index (χ4v) is 9.71. The van der Waals surface area contributed by atoms with Crippen LogP contribution in [0.5, 0.6) is 0 Å². The molecule has 478 valence electrons. The van der Waals surface area contributed by atoms with Crippen LogP contribution in [0.3, 0.4) is 0 Å². The average Bonchev–Trinajstić information content (AvgIpc) is 2.58. The van der Waals surface area contributed by atoms with Crippen molar-refractivity contribution in [2.24, 2.45) is 0 Å². The summed E-state index contributed by atoms with van der Waals surface area (Å²) in [7, 11) is 0. The number of ether oxygens (including phenoxy) is 4. The van der Waals surface area contributed by atoms with Crippen LogP contribution in [0.1, 0.15) is 206 Å². The van der Waals surface area contributed by atoms with Crippen LogP contribution in [0.25, 0.3) is 0 Å². The first kappa shape index (κ1) is 76.2. The average molecular weight is 1180 g/mol. The van der Waals surface area contributed by atoms with Crippen molar-refractivity contribution in [2.45, 2.75) is 280 Å². The first-order chi connectivity index (χ1) is 41.1. The topological polar surface area (TPSA) is 228 Å². The minimum Gasteiger partial charge on any atom is -0.394 e. The second-order valence-electron chi connectivity index (χ2n) is 22.2. The van der Waals surface area contributed by atoms with Crippen LogP contribution in [0.2, 0.25) is 0 Å². The summed E-state index contributed by atoms with van der Waals surface area (Å²) in [5, 5.41) is 87.2. The number of amides is 1. The third kappa shape index (κ3) is 37.6. The van der Waals surface area contributed by atoms with Crippen molar-refractivity contribution >= 4 is 5.91 Å². The molecule has 2 rings (SSSR count). The van der Waals surface area contributed by atoms with E-state index in [-0.39, 0.29) is 18.9 Å². The molecule has 0 aromatic rings. The molecular weight excluding hydrogens is 1060 g/mol. The maximum Gasteiger partial charge on any atom is 0.220 e. The largest absolute Gasteiger partial charge is 0.394 e. The number of nitrogens with one attached hydrogen (secondary N) is 1. The maximum atomic E-state index is 13.3. The van der Waals surface area contributed by atoms with Crippen molar-refractivity contribution < 1.29 is 64.6 Å². The molecule has 14 nitrogen and oxygen atoms in total. The smallest absolute Gasteiger partial charge is 0.220 e. The molecule has 2 aliphatic heterocycles. The highest BCUT2D eigenvalue weighted by Crippen LogP contribution is 2.30. The normalized spacial score (nSPS) is 24.6. The van der Waals surface area contributed by atoms with Crippen molar-refractivity contribution in [1.29, 1.82) is 0 Å². The first-order valence-corrected chi connectivity index (χ1v) is 32.4. The SMILES string of the molecule is CC/C=C\C/C=C\C/C=C\C/C=C\C/C=C\C/C=C\C/C=C\C/C=C\C/C=C\C/C=C\C/C=C\CCCCCC(=O)NC(COC1OC(CO)C(OC2OC(CO)C(O)C(O)C2O)C(O)C1O)C(O)CCCCCCCCCCCCCCC. The van der Waals surface area contributed by atoms with E-state index in [0.29, 0.717) is 12.8 Å². The summed E-state index contributed by atoms with van der Waals surface area (Å²) in [4.78, 5) is 13.3. The van der Waals surface area contributed by atoms with Gasteiger partial charge in [-0.2, -0.15) is 0 Å². The fourth-order valence-electron chi connectivity index (χ4n) is 9.71. The Kier molecular flexibility index (Phi) is 48.4. The Labute approximate surface area is 507 Å². The molecule has 9 N–H and O–H groups in total. The van der Waals surface area contributed by atoms with Gasteiger partial charge in [-0.25, -0.2) is 0 Å². The summed E-state index contributed by atoms with van der Waals surface area (Å²) < 4.78 is 22.8. The fraction of sp³-hybridized carbons (Fsp3) is 0.671. The first-order valence-electron chi connectivity index (χ1n) is 32.4. The summed E-state index contributed by atoms with van der Waals surface area (Å²) in [6.45, 7) is 2.70. The Bertz CT molecular complexity index is 1920. The third-order valence-electron chi connectivity index (χ3n) is 14.9. The zero-order chi connectivity index (χ0) is 60.9. The Balaban J connectivity index is 1.68. The van der Waals surface area contributed by atoms with Crippen molar-refractivity contribution in [1.82, 2.24) is 5.32 Å². The van der Waals surface area contributed by atoms with Gasteiger partial charge < -0.3 is 65.1 Å². The molecule has 1 amide bonds. The van der Waals surface area contributed by atoms with Gasteiger partial charge in [0.25, 0.3) is 0 Å². The van der Waals surface area contributed by atoms with Crippen molar-refractivity contribution in [3.8, 4) is 0 Å². The molecule has 2 heterocycles. The van der Waals surface area contributed by atoms with E-state index in [2.05, 4.69) is 153 Å². The highest BCUT2D eigenvalue weighted by atomic mass is 16.7. The molecule has 0 spiro atoms. The van der Waals surface area contributed by atoms with Crippen LogP contribution >= 0.6 is 0 Å². The molecule has 0 aromatic heterocycles. The molecule has 2 fully saturated rings. The molecule has 14 heteroatoms. The number of rotatable bonds is 50. The van der Waals surface area contributed by atoms with E-state index in [4.69, 9.17) is 18.9 Å². The van der Waals surface area contributed by atoms with Crippen LogP contribution in [-0.4, -0.2) is 140 Å². The van der Waals surface area contributed by atoms with Crippen LogP contribution in [0.4, 0.5) is 0 Å². The summed E-state index contributed by atoms with van der Waals surface area (Å²) in [5.41, 5.74) is 0. The van der Waals surface area contributed by atoms with E-state index in [1.165, 1.54) is 57.8 Å². The lowest BCUT2D eigenvalue weighted by atomic mass is 9.97. The Morgan fingerprint density at radius 1 is 0.440 bits per heavy atom.